The van der Waals surface area contributed by atoms with Crippen molar-refractivity contribution in [1.29, 1.82) is 0 Å². The summed E-state index contributed by atoms with van der Waals surface area (Å²) in [4.78, 5) is 16.2. The van der Waals surface area contributed by atoms with Crippen molar-refractivity contribution >= 4 is 27.5 Å². The summed E-state index contributed by atoms with van der Waals surface area (Å²) in [6.07, 6.45) is 4.23. The monoisotopic (exact) mass is 442 g/mol. The molecule has 1 aliphatic carbocycles. The number of amides is 1. The highest BCUT2D eigenvalue weighted by molar-refractivity contribution is 7.89. The Bertz CT molecular complexity index is 1050. The highest BCUT2D eigenvalue weighted by Crippen LogP contribution is 2.37. The van der Waals surface area contributed by atoms with E-state index in [0.29, 0.717) is 22.9 Å². The first-order valence-electron chi connectivity index (χ1n) is 8.79. The minimum Gasteiger partial charge on any atom is -0.496 e. The van der Waals surface area contributed by atoms with Crippen LogP contribution in [0.5, 0.6) is 11.6 Å². The standard InChI is InChI=1S/C19H20ClFN2O5S/c1-10-4-12(5-10)28-19-15(20)6-11(9-22-19)13-7-16(21)14(8-17(13)27-2)18(24)23-29(3,25)26/h6-10,12H,4-5H2,1-3H3,(H,23,24). The van der Waals surface area contributed by atoms with E-state index in [-0.39, 0.29) is 16.9 Å². The number of carbonyl (C=O) groups excluding carboxylic acids is 1. The molecule has 10 heteroatoms. The number of halogens is 2. The molecule has 0 aliphatic heterocycles. The number of ether oxygens (including phenoxy) is 2. The van der Waals surface area contributed by atoms with Crippen LogP contribution in [0.3, 0.4) is 0 Å². The highest BCUT2D eigenvalue weighted by atomic mass is 35.5. The first-order valence-corrected chi connectivity index (χ1v) is 11.1. The van der Waals surface area contributed by atoms with E-state index in [4.69, 9.17) is 21.1 Å². The van der Waals surface area contributed by atoms with E-state index >= 15 is 0 Å². The minimum atomic E-state index is -3.84. The van der Waals surface area contributed by atoms with Gasteiger partial charge in [-0.05, 0) is 37.0 Å². The van der Waals surface area contributed by atoms with Crippen molar-refractivity contribution in [1.82, 2.24) is 9.71 Å². The molecule has 0 atom stereocenters. The zero-order valence-corrected chi connectivity index (χ0v) is 17.6. The molecule has 1 aliphatic rings. The second-order valence-electron chi connectivity index (χ2n) is 7.06. The topological polar surface area (TPSA) is 94.6 Å². The van der Waals surface area contributed by atoms with E-state index in [9.17, 15) is 17.6 Å². The van der Waals surface area contributed by atoms with Crippen LogP contribution in [0.15, 0.2) is 24.4 Å². The SMILES string of the molecule is COc1cc(C(=O)NS(C)(=O)=O)c(F)cc1-c1cnc(OC2CC(C)C2)c(Cl)c1. The van der Waals surface area contributed by atoms with Crippen LogP contribution >= 0.6 is 11.6 Å². The lowest BCUT2D eigenvalue weighted by Gasteiger charge is -2.32. The molecule has 0 unspecified atom stereocenters. The molecule has 1 amide bonds. The molecule has 1 aromatic heterocycles. The molecule has 0 bridgehead atoms. The largest absolute Gasteiger partial charge is 0.496 e. The van der Waals surface area contributed by atoms with Crippen LogP contribution in [0.4, 0.5) is 4.39 Å². The lowest BCUT2D eigenvalue weighted by atomic mass is 9.84. The number of methoxy groups -OCH3 is 1. The predicted molar refractivity (Wildman–Crippen MR) is 106 cm³/mol. The van der Waals surface area contributed by atoms with Crippen molar-refractivity contribution in [2.75, 3.05) is 13.4 Å². The zero-order valence-electron chi connectivity index (χ0n) is 16.0. The Morgan fingerprint density at radius 2 is 2.00 bits per heavy atom. The van der Waals surface area contributed by atoms with Gasteiger partial charge in [-0.2, -0.15) is 0 Å². The average molecular weight is 443 g/mol. The first-order chi connectivity index (χ1) is 13.6. The highest BCUT2D eigenvalue weighted by Gasteiger charge is 2.28. The third-order valence-corrected chi connectivity index (χ3v) is 5.37. The second kappa shape index (κ2) is 8.16. The summed E-state index contributed by atoms with van der Waals surface area (Å²) in [5.41, 5.74) is 0.295. The number of carbonyl (C=O) groups is 1. The molecule has 1 heterocycles. The molecule has 3 rings (SSSR count). The molecule has 1 fully saturated rings. The van der Waals surface area contributed by atoms with Crippen molar-refractivity contribution in [3.8, 4) is 22.8 Å². The Labute approximate surface area is 173 Å². The number of aromatic nitrogens is 1. The second-order valence-corrected chi connectivity index (χ2v) is 9.22. The lowest BCUT2D eigenvalue weighted by Crippen LogP contribution is -2.32. The summed E-state index contributed by atoms with van der Waals surface area (Å²) < 4.78 is 49.7. The molecule has 0 spiro atoms. The molecular weight excluding hydrogens is 423 g/mol. The van der Waals surface area contributed by atoms with Crippen molar-refractivity contribution in [2.24, 2.45) is 5.92 Å². The van der Waals surface area contributed by atoms with Gasteiger partial charge in [0.1, 0.15) is 22.7 Å². The number of nitrogens with zero attached hydrogens (tertiary/aromatic N) is 1. The number of nitrogens with one attached hydrogen (secondary N) is 1. The third kappa shape index (κ3) is 4.97. The molecule has 156 valence electrons. The van der Waals surface area contributed by atoms with Crippen LogP contribution in [0, 0.1) is 11.7 Å². The van der Waals surface area contributed by atoms with Crippen LogP contribution in [0.2, 0.25) is 5.02 Å². The fourth-order valence-electron chi connectivity index (χ4n) is 3.09. The molecule has 2 aromatic rings. The first kappa shape index (κ1) is 21.3. The van der Waals surface area contributed by atoms with Gasteiger partial charge in [0, 0.05) is 17.3 Å². The summed E-state index contributed by atoms with van der Waals surface area (Å²) >= 11 is 6.28. The Morgan fingerprint density at radius 3 is 2.55 bits per heavy atom. The normalized spacial score (nSPS) is 18.7. The van der Waals surface area contributed by atoms with Gasteiger partial charge in [0.2, 0.25) is 15.9 Å². The molecule has 29 heavy (non-hydrogen) atoms. The van der Waals surface area contributed by atoms with Crippen LogP contribution in [0.25, 0.3) is 11.1 Å². The van der Waals surface area contributed by atoms with Crippen molar-refractivity contribution in [2.45, 2.75) is 25.9 Å². The van der Waals surface area contributed by atoms with Gasteiger partial charge in [0.25, 0.3) is 5.91 Å². The summed E-state index contributed by atoms with van der Waals surface area (Å²) in [6, 6.07) is 3.76. The number of hydrogen-bond acceptors (Lipinski definition) is 6. The maximum Gasteiger partial charge on any atom is 0.267 e. The predicted octanol–water partition coefficient (Wildman–Crippen LogP) is 3.42. The molecule has 1 aromatic carbocycles. The van der Waals surface area contributed by atoms with E-state index in [1.807, 2.05) is 0 Å². The van der Waals surface area contributed by atoms with Crippen LogP contribution < -0.4 is 14.2 Å². The summed E-state index contributed by atoms with van der Waals surface area (Å²) in [5, 5.41) is 0.267. The molecule has 7 nitrogen and oxygen atoms in total. The van der Waals surface area contributed by atoms with E-state index in [0.717, 1.165) is 31.2 Å². The Balaban J connectivity index is 1.91. The number of rotatable bonds is 6. The fraction of sp³-hybridized carbons (Fsp3) is 0.368. The van der Waals surface area contributed by atoms with Gasteiger partial charge in [-0.25, -0.2) is 22.5 Å². The smallest absolute Gasteiger partial charge is 0.267 e. The van der Waals surface area contributed by atoms with Crippen molar-refractivity contribution in [3.05, 3.63) is 40.8 Å². The van der Waals surface area contributed by atoms with Crippen LogP contribution in [0.1, 0.15) is 30.1 Å². The molecule has 1 N–H and O–H groups in total. The van der Waals surface area contributed by atoms with Crippen LogP contribution in [-0.4, -0.2) is 38.8 Å². The molecule has 0 saturated heterocycles. The summed E-state index contributed by atoms with van der Waals surface area (Å²) in [7, 11) is -2.49. The summed E-state index contributed by atoms with van der Waals surface area (Å²) in [5.74, 6) is -0.935. The maximum atomic E-state index is 14.5. The lowest BCUT2D eigenvalue weighted by molar-refractivity contribution is 0.0697. The molecular formula is C19H20ClFN2O5S. The van der Waals surface area contributed by atoms with Gasteiger partial charge in [-0.1, -0.05) is 18.5 Å². The van der Waals surface area contributed by atoms with Crippen molar-refractivity contribution in [3.63, 3.8) is 0 Å². The quantitative estimate of drug-likeness (QED) is 0.736. The zero-order chi connectivity index (χ0) is 21.3. The number of benzene rings is 1. The third-order valence-electron chi connectivity index (χ3n) is 4.54. The van der Waals surface area contributed by atoms with Gasteiger partial charge in [0.15, 0.2) is 0 Å². The van der Waals surface area contributed by atoms with Gasteiger partial charge < -0.3 is 9.47 Å². The van der Waals surface area contributed by atoms with Crippen molar-refractivity contribution < 1.29 is 27.1 Å². The Kier molecular flexibility index (Phi) is 6.00. The number of sulfonamides is 1. The van der Waals surface area contributed by atoms with E-state index < -0.39 is 27.3 Å². The van der Waals surface area contributed by atoms with Gasteiger partial charge in [-0.15, -0.1) is 0 Å². The summed E-state index contributed by atoms with van der Waals surface area (Å²) in [6.45, 7) is 2.14. The van der Waals surface area contributed by atoms with Gasteiger partial charge >= 0.3 is 0 Å². The average Bonchev–Trinajstić information content (AvgIpc) is 2.60. The van der Waals surface area contributed by atoms with Gasteiger partial charge in [0.05, 0.1) is 18.9 Å². The fourth-order valence-corrected chi connectivity index (χ4v) is 3.74. The number of pyridine rings is 1. The van der Waals surface area contributed by atoms with E-state index in [2.05, 4.69) is 11.9 Å². The minimum absolute atomic E-state index is 0.0838. The van der Waals surface area contributed by atoms with Crippen LogP contribution in [-0.2, 0) is 10.0 Å². The molecule has 1 saturated carbocycles. The van der Waals surface area contributed by atoms with Gasteiger partial charge in [-0.3, -0.25) is 4.79 Å². The number of hydrogen-bond donors (Lipinski definition) is 1. The van der Waals surface area contributed by atoms with E-state index in [1.165, 1.54) is 13.3 Å². The molecule has 0 radical (unpaired) electrons. The Morgan fingerprint density at radius 1 is 1.31 bits per heavy atom. The maximum absolute atomic E-state index is 14.5. The Hall–Kier alpha value is -2.39. The van der Waals surface area contributed by atoms with E-state index in [1.54, 1.807) is 10.8 Å².